The van der Waals surface area contributed by atoms with Crippen LogP contribution in [0.15, 0.2) is 35.3 Å². The second kappa shape index (κ2) is 10.1. The Bertz CT molecular complexity index is 584. The van der Waals surface area contributed by atoms with Gasteiger partial charge in [0.25, 0.3) is 0 Å². The van der Waals surface area contributed by atoms with Gasteiger partial charge in [0.15, 0.2) is 5.96 Å². The molecule has 1 saturated carbocycles. The van der Waals surface area contributed by atoms with Crippen LogP contribution in [-0.2, 0) is 6.54 Å². The molecule has 0 amide bonds. The summed E-state index contributed by atoms with van der Waals surface area (Å²) in [6, 6.07) is 12.1. The van der Waals surface area contributed by atoms with E-state index >= 15 is 0 Å². The quantitative estimate of drug-likeness (QED) is 0.517. The molecule has 1 aromatic carbocycles. The van der Waals surface area contributed by atoms with E-state index in [0.29, 0.717) is 6.04 Å². The van der Waals surface area contributed by atoms with Crippen molar-refractivity contribution in [3.63, 3.8) is 0 Å². The zero-order chi connectivity index (χ0) is 19.1. The van der Waals surface area contributed by atoms with E-state index in [1.807, 2.05) is 7.05 Å². The summed E-state index contributed by atoms with van der Waals surface area (Å²) < 4.78 is 0. The molecule has 1 aromatic rings. The average molecular weight is 372 g/mol. The molecule has 0 bridgehead atoms. The highest BCUT2D eigenvalue weighted by Crippen LogP contribution is 2.31. The van der Waals surface area contributed by atoms with E-state index in [2.05, 4.69) is 69.7 Å². The molecule has 1 saturated heterocycles. The molecule has 1 aliphatic heterocycles. The van der Waals surface area contributed by atoms with Crippen molar-refractivity contribution in [3.05, 3.63) is 35.9 Å². The van der Waals surface area contributed by atoms with Gasteiger partial charge in [0, 0.05) is 45.3 Å². The third kappa shape index (κ3) is 6.51. The van der Waals surface area contributed by atoms with Crippen molar-refractivity contribution < 1.29 is 0 Å². The van der Waals surface area contributed by atoms with Gasteiger partial charge in [-0.05, 0) is 57.7 Å². The molecule has 2 fully saturated rings. The number of likely N-dealkylation sites (tertiary alicyclic amines) is 1. The van der Waals surface area contributed by atoms with Gasteiger partial charge in [0.2, 0.25) is 0 Å². The van der Waals surface area contributed by atoms with Crippen LogP contribution in [0, 0.1) is 5.92 Å². The number of hydrogen-bond donors (Lipinski definition) is 2. The smallest absolute Gasteiger partial charge is 0.190 e. The van der Waals surface area contributed by atoms with Gasteiger partial charge in [-0.25, -0.2) is 0 Å². The van der Waals surface area contributed by atoms with Crippen LogP contribution in [0.5, 0.6) is 0 Å². The van der Waals surface area contributed by atoms with Crippen LogP contribution >= 0.6 is 0 Å². The van der Waals surface area contributed by atoms with Gasteiger partial charge < -0.3 is 15.5 Å². The topological polar surface area (TPSA) is 42.9 Å². The Morgan fingerprint density at radius 2 is 2.00 bits per heavy atom. The first kappa shape index (κ1) is 20.2. The van der Waals surface area contributed by atoms with Crippen LogP contribution in [0.2, 0.25) is 0 Å². The normalized spacial score (nSPS) is 22.2. The summed E-state index contributed by atoms with van der Waals surface area (Å²) in [5.74, 6) is 1.71. The Morgan fingerprint density at radius 1 is 1.22 bits per heavy atom. The van der Waals surface area contributed by atoms with E-state index in [-0.39, 0.29) is 0 Å². The zero-order valence-electron chi connectivity index (χ0n) is 17.3. The molecule has 5 nitrogen and oxygen atoms in total. The molecule has 150 valence electrons. The third-order valence-corrected chi connectivity index (χ3v) is 6.04. The number of nitrogens with one attached hydrogen (secondary N) is 2. The van der Waals surface area contributed by atoms with Gasteiger partial charge in [0.05, 0.1) is 0 Å². The highest BCUT2D eigenvalue weighted by atomic mass is 15.2. The molecule has 3 rings (SSSR count). The molecule has 1 aliphatic carbocycles. The lowest BCUT2D eigenvalue weighted by Crippen LogP contribution is -2.42. The molecule has 0 radical (unpaired) electrons. The molecule has 27 heavy (non-hydrogen) atoms. The van der Waals surface area contributed by atoms with Gasteiger partial charge >= 0.3 is 0 Å². The zero-order valence-corrected chi connectivity index (χ0v) is 17.3. The first-order valence-electron chi connectivity index (χ1n) is 10.6. The third-order valence-electron chi connectivity index (χ3n) is 6.04. The minimum absolute atomic E-state index is 0.526. The van der Waals surface area contributed by atoms with Gasteiger partial charge in [-0.2, -0.15) is 0 Å². The first-order chi connectivity index (χ1) is 13.2. The second-order valence-electron chi connectivity index (χ2n) is 8.30. The van der Waals surface area contributed by atoms with Gasteiger partial charge in [-0.15, -0.1) is 0 Å². The fourth-order valence-corrected chi connectivity index (χ4v) is 3.91. The van der Waals surface area contributed by atoms with Crippen molar-refractivity contribution in [1.29, 1.82) is 0 Å². The van der Waals surface area contributed by atoms with Crippen LogP contribution in [0.3, 0.4) is 0 Å². The highest BCUT2D eigenvalue weighted by Gasteiger charge is 2.34. The number of nitrogens with zero attached hydrogens (tertiary/aromatic N) is 3. The summed E-state index contributed by atoms with van der Waals surface area (Å²) in [6.07, 6.45) is 5.26. The number of aliphatic imine (C=N–C) groups is 1. The lowest BCUT2D eigenvalue weighted by molar-refractivity contribution is 0.238. The average Bonchev–Trinajstić information content (AvgIpc) is 3.43. The van der Waals surface area contributed by atoms with E-state index in [9.17, 15) is 0 Å². The molecule has 5 heteroatoms. The summed E-state index contributed by atoms with van der Waals surface area (Å²) in [6.45, 7) is 7.81. The summed E-state index contributed by atoms with van der Waals surface area (Å²) in [5.41, 5.74) is 1.37. The maximum Gasteiger partial charge on any atom is 0.190 e. The largest absolute Gasteiger partial charge is 0.356 e. The van der Waals surface area contributed by atoms with Crippen molar-refractivity contribution in [2.24, 2.45) is 10.9 Å². The van der Waals surface area contributed by atoms with Crippen LogP contribution in [-0.4, -0.2) is 68.1 Å². The summed E-state index contributed by atoms with van der Waals surface area (Å²) in [7, 11) is 4.07. The standard InChI is InChI=1S/C22H37N5/c1-18(26(3)16-19-7-5-4-6-8-19)11-13-24-22(23-2)25-15-20-12-14-27(17-20)21-9-10-21/h4-8,18,20-21H,9-17H2,1-3H3,(H2,23,24,25). The van der Waals surface area contributed by atoms with E-state index in [1.165, 1.54) is 37.9 Å². The molecule has 2 unspecified atom stereocenters. The van der Waals surface area contributed by atoms with Crippen LogP contribution in [0.1, 0.15) is 38.2 Å². The van der Waals surface area contributed by atoms with E-state index in [1.54, 1.807) is 0 Å². The fourth-order valence-electron chi connectivity index (χ4n) is 3.91. The van der Waals surface area contributed by atoms with Crippen LogP contribution in [0.4, 0.5) is 0 Å². The Kier molecular flexibility index (Phi) is 7.53. The second-order valence-corrected chi connectivity index (χ2v) is 8.30. The summed E-state index contributed by atoms with van der Waals surface area (Å²) in [5, 5.41) is 7.02. The molecular formula is C22H37N5. The first-order valence-corrected chi connectivity index (χ1v) is 10.6. The van der Waals surface area contributed by atoms with Crippen LogP contribution < -0.4 is 10.6 Å². The predicted octanol–water partition coefficient (Wildman–Crippen LogP) is 2.55. The van der Waals surface area contributed by atoms with E-state index in [0.717, 1.165) is 44.0 Å². The Labute approximate surface area is 165 Å². The Balaban J connectivity index is 1.30. The summed E-state index contributed by atoms with van der Waals surface area (Å²) >= 11 is 0. The molecular weight excluding hydrogens is 334 g/mol. The predicted molar refractivity (Wildman–Crippen MR) is 114 cm³/mol. The highest BCUT2D eigenvalue weighted by molar-refractivity contribution is 5.79. The molecule has 1 heterocycles. The molecule has 2 atom stereocenters. The maximum absolute atomic E-state index is 4.39. The van der Waals surface area contributed by atoms with Crippen LogP contribution in [0.25, 0.3) is 0 Å². The molecule has 2 N–H and O–H groups in total. The number of rotatable bonds is 9. The van der Waals surface area contributed by atoms with Gasteiger partial charge in [-0.1, -0.05) is 30.3 Å². The summed E-state index contributed by atoms with van der Waals surface area (Å²) in [4.78, 5) is 9.48. The maximum atomic E-state index is 4.39. The number of benzene rings is 1. The Hall–Kier alpha value is -1.59. The monoisotopic (exact) mass is 371 g/mol. The SMILES string of the molecule is CN=C(NCCC(C)N(C)Cc1ccccc1)NCC1CCN(C2CC2)C1. The van der Waals surface area contributed by atoms with Crippen molar-refractivity contribution in [2.75, 3.05) is 40.3 Å². The fraction of sp³-hybridized carbons (Fsp3) is 0.682. The number of hydrogen-bond acceptors (Lipinski definition) is 3. The lowest BCUT2D eigenvalue weighted by Gasteiger charge is -2.25. The van der Waals surface area contributed by atoms with E-state index in [4.69, 9.17) is 0 Å². The minimum atomic E-state index is 0.526. The minimum Gasteiger partial charge on any atom is -0.356 e. The Morgan fingerprint density at radius 3 is 2.70 bits per heavy atom. The van der Waals surface area contributed by atoms with Gasteiger partial charge in [0.1, 0.15) is 0 Å². The van der Waals surface area contributed by atoms with Crippen molar-refractivity contribution in [2.45, 2.75) is 51.2 Å². The number of guanidine groups is 1. The van der Waals surface area contributed by atoms with E-state index < -0.39 is 0 Å². The van der Waals surface area contributed by atoms with Crippen molar-refractivity contribution in [1.82, 2.24) is 20.4 Å². The molecule has 0 spiro atoms. The van der Waals surface area contributed by atoms with Gasteiger partial charge in [-0.3, -0.25) is 9.89 Å². The lowest BCUT2D eigenvalue weighted by atomic mass is 10.1. The van der Waals surface area contributed by atoms with Crippen molar-refractivity contribution in [3.8, 4) is 0 Å². The molecule has 0 aromatic heterocycles. The molecule has 2 aliphatic rings. The van der Waals surface area contributed by atoms with Crippen molar-refractivity contribution >= 4 is 5.96 Å².